The lowest BCUT2D eigenvalue weighted by molar-refractivity contribution is 0.483. The molecule has 4 nitrogen and oxygen atoms in total. The molecule has 1 aromatic heterocycles. The van der Waals surface area contributed by atoms with Gasteiger partial charge < -0.3 is 14.6 Å². The zero-order chi connectivity index (χ0) is 14.5. The molecule has 0 amide bonds. The van der Waals surface area contributed by atoms with E-state index in [0.717, 1.165) is 29.4 Å². The first-order valence-corrected chi connectivity index (χ1v) is 6.83. The summed E-state index contributed by atoms with van der Waals surface area (Å²) in [7, 11) is 1.99. The molecule has 2 aromatic carbocycles. The first-order chi connectivity index (χ1) is 10.3. The van der Waals surface area contributed by atoms with Crippen LogP contribution in [0.3, 0.4) is 0 Å². The van der Waals surface area contributed by atoms with E-state index >= 15 is 0 Å². The van der Waals surface area contributed by atoms with E-state index < -0.39 is 0 Å². The first-order valence-electron chi connectivity index (χ1n) is 6.83. The Morgan fingerprint density at radius 1 is 1.00 bits per heavy atom. The van der Waals surface area contributed by atoms with Crippen molar-refractivity contribution in [3.8, 4) is 11.5 Å². The van der Waals surface area contributed by atoms with E-state index in [1.807, 2.05) is 72.4 Å². The van der Waals surface area contributed by atoms with E-state index in [1.54, 1.807) is 6.33 Å². The molecule has 0 unspecified atom stereocenters. The lowest BCUT2D eigenvalue weighted by atomic mass is 10.3. The third-order valence-corrected chi connectivity index (χ3v) is 3.22. The number of aromatic nitrogens is 2. The van der Waals surface area contributed by atoms with Gasteiger partial charge in [0.2, 0.25) is 0 Å². The van der Waals surface area contributed by atoms with E-state index in [1.165, 1.54) is 0 Å². The van der Waals surface area contributed by atoms with Crippen LogP contribution in [0.25, 0.3) is 0 Å². The van der Waals surface area contributed by atoms with Crippen LogP contribution in [-0.4, -0.2) is 9.55 Å². The van der Waals surface area contributed by atoms with Gasteiger partial charge in [0.25, 0.3) is 0 Å². The Balaban J connectivity index is 1.60. The second-order valence-corrected chi connectivity index (χ2v) is 4.79. The fraction of sp³-hybridized carbons (Fsp3) is 0.118. The van der Waals surface area contributed by atoms with Crippen molar-refractivity contribution in [1.82, 2.24) is 9.55 Å². The maximum absolute atomic E-state index is 5.76. The Morgan fingerprint density at radius 3 is 2.38 bits per heavy atom. The van der Waals surface area contributed by atoms with Crippen LogP contribution in [0.2, 0.25) is 0 Å². The van der Waals surface area contributed by atoms with Gasteiger partial charge in [-0.25, -0.2) is 4.98 Å². The summed E-state index contributed by atoms with van der Waals surface area (Å²) in [5, 5.41) is 3.36. The highest BCUT2D eigenvalue weighted by molar-refractivity contribution is 5.47. The van der Waals surface area contributed by atoms with Crippen molar-refractivity contribution in [3.05, 3.63) is 72.8 Å². The Kier molecular flexibility index (Phi) is 3.87. The summed E-state index contributed by atoms with van der Waals surface area (Å²) in [6, 6.07) is 17.7. The molecule has 1 N–H and O–H groups in total. The average molecular weight is 279 g/mol. The second-order valence-electron chi connectivity index (χ2n) is 4.79. The topological polar surface area (TPSA) is 39.1 Å². The summed E-state index contributed by atoms with van der Waals surface area (Å²) in [5.74, 6) is 1.67. The summed E-state index contributed by atoms with van der Waals surface area (Å²) in [4.78, 5) is 4.10. The van der Waals surface area contributed by atoms with Crippen molar-refractivity contribution in [2.45, 2.75) is 6.54 Å². The molecule has 0 aliphatic rings. The van der Waals surface area contributed by atoms with Crippen molar-refractivity contribution in [1.29, 1.82) is 0 Å². The molecule has 0 atom stereocenters. The quantitative estimate of drug-likeness (QED) is 0.771. The number of benzene rings is 2. The van der Waals surface area contributed by atoms with Crippen LogP contribution >= 0.6 is 0 Å². The molecule has 0 bridgehead atoms. The molecule has 0 spiro atoms. The van der Waals surface area contributed by atoms with Gasteiger partial charge in [-0.05, 0) is 36.4 Å². The highest BCUT2D eigenvalue weighted by Gasteiger charge is 2.00. The number of nitrogens with one attached hydrogen (secondary N) is 1. The molecule has 0 saturated heterocycles. The first kappa shape index (κ1) is 13.2. The summed E-state index contributed by atoms with van der Waals surface area (Å²) >= 11 is 0. The van der Waals surface area contributed by atoms with E-state index in [9.17, 15) is 0 Å². The molecule has 3 aromatic rings. The van der Waals surface area contributed by atoms with Crippen LogP contribution in [0.4, 0.5) is 5.69 Å². The molecular formula is C17H17N3O. The van der Waals surface area contributed by atoms with Crippen molar-refractivity contribution in [3.63, 3.8) is 0 Å². The zero-order valence-electron chi connectivity index (χ0n) is 11.9. The molecule has 4 heteroatoms. The van der Waals surface area contributed by atoms with Gasteiger partial charge in [0.05, 0.1) is 18.6 Å². The van der Waals surface area contributed by atoms with Gasteiger partial charge in [-0.2, -0.15) is 0 Å². The van der Waals surface area contributed by atoms with Crippen LogP contribution in [0.15, 0.2) is 67.1 Å². The van der Waals surface area contributed by atoms with Crippen molar-refractivity contribution in [2.24, 2.45) is 7.05 Å². The molecule has 106 valence electrons. The van der Waals surface area contributed by atoms with Gasteiger partial charge in [0, 0.05) is 18.9 Å². The normalized spacial score (nSPS) is 10.3. The molecule has 0 radical (unpaired) electrons. The Hall–Kier alpha value is -2.75. The average Bonchev–Trinajstić information content (AvgIpc) is 2.93. The maximum Gasteiger partial charge on any atom is 0.127 e. The van der Waals surface area contributed by atoms with Crippen molar-refractivity contribution < 1.29 is 4.74 Å². The van der Waals surface area contributed by atoms with Crippen molar-refractivity contribution >= 4 is 5.69 Å². The van der Waals surface area contributed by atoms with Gasteiger partial charge in [-0.15, -0.1) is 0 Å². The number of para-hydroxylation sites is 1. The molecule has 3 rings (SSSR count). The SMILES string of the molecule is Cn1cncc1CNc1ccc(Oc2ccccc2)cc1. The zero-order valence-corrected chi connectivity index (χ0v) is 11.9. The van der Waals surface area contributed by atoms with E-state index in [2.05, 4.69) is 10.3 Å². The van der Waals surface area contributed by atoms with Gasteiger partial charge >= 0.3 is 0 Å². The smallest absolute Gasteiger partial charge is 0.127 e. The molecular weight excluding hydrogens is 262 g/mol. The van der Waals surface area contributed by atoms with Crippen LogP contribution in [-0.2, 0) is 13.6 Å². The predicted octanol–water partition coefficient (Wildman–Crippen LogP) is 3.82. The lowest BCUT2D eigenvalue weighted by Gasteiger charge is -2.09. The number of imidazole rings is 1. The fourth-order valence-corrected chi connectivity index (χ4v) is 2.01. The van der Waals surface area contributed by atoms with E-state index in [0.29, 0.717) is 0 Å². The second kappa shape index (κ2) is 6.13. The number of hydrogen-bond donors (Lipinski definition) is 1. The molecule has 0 saturated carbocycles. The highest BCUT2D eigenvalue weighted by Crippen LogP contribution is 2.22. The van der Waals surface area contributed by atoms with E-state index in [-0.39, 0.29) is 0 Å². The van der Waals surface area contributed by atoms with Gasteiger partial charge in [0.1, 0.15) is 11.5 Å². The third kappa shape index (κ3) is 3.42. The van der Waals surface area contributed by atoms with Gasteiger partial charge in [0.15, 0.2) is 0 Å². The highest BCUT2D eigenvalue weighted by atomic mass is 16.5. The third-order valence-electron chi connectivity index (χ3n) is 3.22. The Labute approximate surface area is 124 Å². The van der Waals surface area contributed by atoms with Crippen LogP contribution in [0.1, 0.15) is 5.69 Å². The number of hydrogen-bond acceptors (Lipinski definition) is 3. The standard InChI is InChI=1S/C17H17N3O/c1-20-13-18-11-15(20)12-19-14-7-9-17(10-8-14)21-16-5-3-2-4-6-16/h2-11,13,19H,12H2,1H3. The van der Waals surface area contributed by atoms with Gasteiger partial charge in [-0.3, -0.25) is 0 Å². The molecule has 0 fully saturated rings. The minimum absolute atomic E-state index is 0.745. The minimum atomic E-state index is 0.745. The number of rotatable bonds is 5. The minimum Gasteiger partial charge on any atom is -0.457 e. The van der Waals surface area contributed by atoms with Crippen LogP contribution in [0.5, 0.6) is 11.5 Å². The Bertz CT molecular complexity index is 690. The maximum atomic E-state index is 5.76. The molecule has 21 heavy (non-hydrogen) atoms. The lowest BCUT2D eigenvalue weighted by Crippen LogP contribution is -2.03. The molecule has 0 aliphatic heterocycles. The monoisotopic (exact) mass is 279 g/mol. The predicted molar refractivity (Wildman–Crippen MR) is 83.5 cm³/mol. The fourth-order valence-electron chi connectivity index (χ4n) is 2.01. The molecule has 0 aliphatic carbocycles. The number of ether oxygens (including phenoxy) is 1. The van der Waals surface area contributed by atoms with Crippen LogP contribution < -0.4 is 10.1 Å². The number of nitrogens with zero attached hydrogens (tertiary/aromatic N) is 2. The molecule has 1 heterocycles. The summed E-state index contributed by atoms with van der Waals surface area (Å²) in [6.45, 7) is 0.745. The van der Waals surface area contributed by atoms with Crippen LogP contribution in [0, 0.1) is 0 Å². The summed E-state index contributed by atoms with van der Waals surface area (Å²) in [5.41, 5.74) is 2.19. The Morgan fingerprint density at radius 2 is 1.71 bits per heavy atom. The summed E-state index contributed by atoms with van der Waals surface area (Å²) < 4.78 is 7.76. The van der Waals surface area contributed by atoms with E-state index in [4.69, 9.17) is 4.74 Å². The number of aryl methyl sites for hydroxylation is 1. The number of anilines is 1. The van der Waals surface area contributed by atoms with Gasteiger partial charge in [-0.1, -0.05) is 18.2 Å². The largest absolute Gasteiger partial charge is 0.457 e. The summed E-state index contributed by atoms with van der Waals surface area (Å²) in [6.07, 6.45) is 3.66. The van der Waals surface area contributed by atoms with Crippen molar-refractivity contribution in [2.75, 3.05) is 5.32 Å².